The molecule has 1 saturated carbocycles. The Labute approximate surface area is 158 Å². The van der Waals surface area contributed by atoms with Crippen LogP contribution in [0.4, 0.5) is 4.79 Å². The lowest BCUT2D eigenvalue weighted by Crippen LogP contribution is -2.38. The Bertz CT molecular complexity index is 1130. The number of aromatic amines is 1. The first kappa shape index (κ1) is 17.4. The highest BCUT2D eigenvalue weighted by Crippen LogP contribution is 2.33. The normalized spacial score (nSPS) is 13.7. The first-order valence-corrected chi connectivity index (χ1v) is 8.92. The highest BCUT2D eigenvalue weighted by Gasteiger charge is 2.25. The van der Waals surface area contributed by atoms with Crippen LogP contribution in [-0.2, 0) is 13.1 Å². The van der Waals surface area contributed by atoms with Crippen molar-refractivity contribution in [2.75, 3.05) is 0 Å². The molecule has 1 aliphatic carbocycles. The number of hydrogen-bond acceptors (Lipinski definition) is 4. The molecule has 0 saturated heterocycles. The minimum Gasteiger partial charge on any atom is -0.444 e. The van der Waals surface area contributed by atoms with E-state index in [-0.39, 0.29) is 24.4 Å². The summed E-state index contributed by atoms with van der Waals surface area (Å²) in [6.07, 6.45) is 3.34. The van der Waals surface area contributed by atoms with Gasteiger partial charge in [-0.2, -0.15) is 0 Å². The molecule has 1 fully saturated rings. The number of aromatic nitrogens is 2. The zero-order valence-electron chi connectivity index (χ0n) is 14.3. The van der Waals surface area contributed by atoms with Gasteiger partial charge in [0.15, 0.2) is 5.22 Å². The third-order valence-electron chi connectivity index (χ3n) is 4.50. The number of halogens is 1. The molecule has 4 rings (SSSR count). The maximum Gasteiger partial charge on any atom is 0.328 e. The van der Waals surface area contributed by atoms with Crippen molar-refractivity contribution in [2.45, 2.75) is 32.0 Å². The van der Waals surface area contributed by atoms with Crippen molar-refractivity contribution in [1.29, 1.82) is 0 Å². The van der Waals surface area contributed by atoms with E-state index in [0.717, 1.165) is 18.2 Å². The molecule has 0 atom stereocenters. The Morgan fingerprint density at radius 3 is 2.74 bits per heavy atom. The monoisotopic (exact) mass is 388 g/mol. The standard InChI is InChI=1S/C18H17ClN4O4/c19-15-13(12-3-1-2-4-14(12)27-15)8-21-17(25)20-7-10-9-23(11-5-6-11)18(26)22-16(10)24/h1-4,9,11H,5-8H2,(H2,20,21,25)(H,22,24,26). The van der Waals surface area contributed by atoms with Gasteiger partial charge < -0.3 is 15.1 Å². The summed E-state index contributed by atoms with van der Waals surface area (Å²) < 4.78 is 6.95. The molecule has 1 aliphatic rings. The summed E-state index contributed by atoms with van der Waals surface area (Å²) in [6, 6.07) is 7.04. The highest BCUT2D eigenvalue weighted by molar-refractivity contribution is 6.30. The number of nitrogens with zero attached hydrogens (tertiary/aromatic N) is 1. The highest BCUT2D eigenvalue weighted by atomic mass is 35.5. The quantitative estimate of drug-likeness (QED) is 0.622. The third kappa shape index (κ3) is 3.61. The van der Waals surface area contributed by atoms with Crippen LogP contribution in [-0.4, -0.2) is 15.6 Å². The summed E-state index contributed by atoms with van der Waals surface area (Å²) in [5, 5.41) is 6.37. The van der Waals surface area contributed by atoms with E-state index in [1.807, 2.05) is 18.2 Å². The van der Waals surface area contributed by atoms with E-state index in [1.54, 1.807) is 6.07 Å². The van der Waals surface area contributed by atoms with Crippen molar-refractivity contribution in [3.05, 3.63) is 67.6 Å². The van der Waals surface area contributed by atoms with E-state index in [9.17, 15) is 14.4 Å². The number of nitrogens with one attached hydrogen (secondary N) is 3. The van der Waals surface area contributed by atoms with Crippen LogP contribution in [0, 0.1) is 0 Å². The van der Waals surface area contributed by atoms with E-state index in [0.29, 0.717) is 16.7 Å². The number of fused-ring (bicyclic) bond motifs is 1. The number of rotatable bonds is 5. The SMILES string of the molecule is O=C(NCc1cn(C2CC2)c(=O)[nH]c1=O)NCc1c(Cl)oc2ccccc12. The molecule has 2 aromatic heterocycles. The molecule has 0 spiro atoms. The van der Waals surface area contributed by atoms with Gasteiger partial charge in [0.2, 0.25) is 0 Å². The molecule has 3 N–H and O–H groups in total. The molecule has 3 aromatic rings. The number of carbonyl (C=O) groups excluding carboxylic acids is 1. The molecule has 9 heteroatoms. The van der Waals surface area contributed by atoms with E-state index >= 15 is 0 Å². The molecule has 0 unspecified atom stereocenters. The molecular formula is C18H17ClN4O4. The number of carbonyl (C=O) groups is 1. The predicted octanol–water partition coefficient (Wildman–Crippen LogP) is 2.27. The molecular weight excluding hydrogens is 372 g/mol. The van der Waals surface area contributed by atoms with Gasteiger partial charge in [0.05, 0.1) is 12.1 Å². The Morgan fingerprint density at radius 2 is 1.96 bits per heavy atom. The van der Waals surface area contributed by atoms with Crippen LogP contribution < -0.4 is 21.9 Å². The Morgan fingerprint density at radius 1 is 1.22 bits per heavy atom. The first-order valence-electron chi connectivity index (χ1n) is 8.55. The van der Waals surface area contributed by atoms with Gasteiger partial charge in [0, 0.05) is 29.7 Å². The number of amides is 2. The van der Waals surface area contributed by atoms with Crippen LogP contribution >= 0.6 is 11.6 Å². The smallest absolute Gasteiger partial charge is 0.328 e. The van der Waals surface area contributed by atoms with Crippen LogP contribution in [0.1, 0.15) is 30.0 Å². The molecule has 1 aromatic carbocycles. The largest absolute Gasteiger partial charge is 0.444 e. The Hall–Kier alpha value is -3.00. The van der Waals surface area contributed by atoms with Crippen LogP contribution in [0.3, 0.4) is 0 Å². The van der Waals surface area contributed by atoms with Crippen molar-refractivity contribution in [2.24, 2.45) is 0 Å². The van der Waals surface area contributed by atoms with Crippen LogP contribution in [0.5, 0.6) is 0 Å². The van der Waals surface area contributed by atoms with Gasteiger partial charge in [-0.3, -0.25) is 14.3 Å². The summed E-state index contributed by atoms with van der Waals surface area (Å²) in [5.74, 6) is 0. The second-order valence-corrected chi connectivity index (χ2v) is 6.78. The maximum absolute atomic E-state index is 12.1. The summed E-state index contributed by atoms with van der Waals surface area (Å²) in [5.41, 5.74) is 0.734. The fraction of sp³-hybridized carbons (Fsp3) is 0.278. The van der Waals surface area contributed by atoms with Gasteiger partial charge in [-0.05, 0) is 30.5 Å². The Kier molecular flexibility index (Phi) is 4.49. The van der Waals surface area contributed by atoms with E-state index in [4.69, 9.17) is 16.0 Å². The number of benzene rings is 1. The molecule has 2 heterocycles. The summed E-state index contributed by atoms with van der Waals surface area (Å²) in [7, 11) is 0. The number of furan rings is 1. The lowest BCUT2D eigenvalue weighted by Gasteiger charge is -2.09. The average molecular weight is 389 g/mol. The fourth-order valence-electron chi connectivity index (χ4n) is 2.92. The van der Waals surface area contributed by atoms with Crippen molar-refractivity contribution in [1.82, 2.24) is 20.2 Å². The second-order valence-electron chi connectivity index (χ2n) is 6.44. The van der Waals surface area contributed by atoms with Gasteiger partial charge in [0.1, 0.15) is 5.58 Å². The molecule has 0 radical (unpaired) electrons. The topological polar surface area (TPSA) is 109 Å². The third-order valence-corrected chi connectivity index (χ3v) is 4.80. The van der Waals surface area contributed by atoms with Crippen LogP contribution in [0.25, 0.3) is 11.0 Å². The van der Waals surface area contributed by atoms with Crippen molar-refractivity contribution >= 4 is 28.6 Å². The number of urea groups is 1. The zero-order valence-corrected chi connectivity index (χ0v) is 15.0. The van der Waals surface area contributed by atoms with Gasteiger partial charge in [0.25, 0.3) is 5.56 Å². The second kappa shape index (κ2) is 6.96. The van der Waals surface area contributed by atoms with Crippen LogP contribution in [0.15, 0.2) is 44.5 Å². The van der Waals surface area contributed by atoms with E-state index in [1.165, 1.54) is 10.8 Å². The molecule has 8 nitrogen and oxygen atoms in total. The fourth-order valence-corrected chi connectivity index (χ4v) is 3.17. The minimum atomic E-state index is -0.499. The molecule has 0 bridgehead atoms. The van der Waals surface area contributed by atoms with E-state index < -0.39 is 17.3 Å². The summed E-state index contributed by atoms with van der Waals surface area (Å²) in [4.78, 5) is 38.1. The molecule has 2 amide bonds. The molecule has 27 heavy (non-hydrogen) atoms. The van der Waals surface area contributed by atoms with Crippen molar-refractivity contribution < 1.29 is 9.21 Å². The first-order chi connectivity index (χ1) is 13.0. The van der Waals surface area contributed by atoms with Gasteiger partial charge in [-0.15, -0.1) is 0 Å². The maximum atomic E-state index is 12.1. The van der Waals surface area contributed by atoms with Crippen LogP contribution in [0.2, 0.25) is 5.22 Å². The summed E-state index contributed by atoms with van der Waals surface area (Å²) >= 11 is 6.10. The average Bonchev–Trinajstić information content (AvgIpc) is 3.42. The Balaban J connectivity index is 1.40. The number of hydrogen-bond donors (Lipinski definition) is 3. The van der Waals surface area contributed by atoms with Gasteiger partial charge in [-0.25, -0.2) is 9.59 Å². The van der Waals surface area contributed by atoms with Crippen molar-refractivity contribution in [3.63, 3.8) is 0 Å². The number of para-hydroxylation sites is 1. The van der Waals surface area contributed by atoms with Gasteiger partial charge in [-0.1, -0.05) is 18.2 Å². The van der Waals surface area contributed by atoms with Gasteiger partial charge >= 0.3 is 11.7 Å². The summed E-state index contributed by atoms with van der Waals surface area (Å²) in [6.45, 7) is 0.188. The van der Waals surface area contributed by atoms with E-state index in [2.05, 4.69) is 15.6 Å². The minimum absolute atomic E-state index is 0.00797. The predicted molar refractivity (Wildman–Crippen MR) is 99.9 cm³/mol. The number of H-pyrrole nitrogens is 1. The lowest BCUT2D eigenvalue weighted by molar-refractivity contribution is 0.240. The molecule has 140 valence electrons. The lowest BCUT2D eigenvalue weighted by atomic mass is 10.2. The molecule has 0 aliphatic heterocycles. The van der Waals surface area contributed by atoms with Crippen molar-refractivity contribution in [3.8, 4) is 0 Å². The zero-order chi connectivity index (χ0) is 19.0.